The number of carbonyl (C=O) groups is 1. The Kier molecular flexibility index (Phi) is 5.13. The van der Waals surface area contributed by atoms with Crippen molar-refractivity contribution in [2.75, 3.05) is 13.2 Å². The third-order valence-corrected chi connectivity index (χ3v) is 6.16. The summed E-state index contributed by atoms with van der Waals surface area (Å²) in [5.74, 6) is 0.784. The highest BCUT2D eigenvalue weighted by atomic mass is 16.5. The molecule has 0 aliphatic heterocycles. The van der Waals surface area contributed by atoms with E-state index < -0.39 is 5.41 Å². The second kappa shape index (κ2) is 7.62. The average Bonchev–Trinajstić information content (AvgIpc) is 3.15. The second-order valence-corrected chi connectivity index (χ2v) is 8.52. The number of aromatic amines is 1. The molecule has 4 rings (SSSR count). The molecular weight excluding hydrogens is 374 g/mol. The summed E-state index contributed by atoms with van der Waals surface area (Å²) < 4.78 is 5.95. The van der Waals surface area contributed by atoms with Crippen molar-refractivity contribution in [2.45, 2.75) is 45.6 Å². The zero-order valence-corrected chi connectivity index (χ0v) is 17.9. The molecule has 154 valence electrons. The van der Waals surface area contributed by atoms with Crippen LogP contribution in [0.15, 0.2) is 36.4 Å². The summed E-state index contributed by atoms with van der Waals surface area (Å²) in [6.07, 6.45) is 1.08. The molecule has 1 aliphatic rings. The molecule has 5 nitrogen and oxygen atoms in total. The number of rotatable bonds is 6. The van der Waals surface area contributed by atoms with Crippen LogP contribution in [0, 0.1) is 11.3 Å². The number of benzene rings is 2. The predicted octanol–water partition coefficient (Wildman–Crippen LogP) is 4.68. The standard InChI is InChI=1S/C25H27N3O2/c1-5-15(2)27-10-11-30-17-7-9-18-20(13-17)25(3,4)24-22(23(18)29)19-8-6-16(14-26)12-21(19)28-24/h6-9,12-13,15,27-28H,5,10-11H2,1-4H3. The van der Waals surface area contributed by atoms with Crippen molar-refractivity contribution < 1.29 is 9.53 Å². The molecule has 1 aromatic heterocycles. The first kappa shape index (κ1) is 20.2. The molecule has 0 saturated heterocycles. The Morgan fingerprint density at radius 1 is 1.23 bits per heavy atom. The molecule has 2 N–H and O–H groups in total. The van der Waals surface area contributed by atoms with Gasteiger partial charge in [0, 0.05) is 40.2 Å². The monoisotopic (exact) mass is 401 g/mol. The number of aromatic nitrogens is 1. The molecule has 5 heteroatoms. The van der Waals surface area contributed by atoms with Crippen LogP contribution in [0.5, 0.6) is 5.75 Å². The number of ketones is 1. The Balaban J connectivity index is 1.68. The van der Waals surface area contributed by atoms with Gasteiger partial charge in [-0.25, -0.2) is 0 Å². The van der Waals surface area contributed by atoms with Gasteiger partial charge in [-0.3, -0.25) is 4.79 Å². The lowest BCUT2D eigenvalue weighted by Gasteiger charge is -2.32. The van der Waals surface area contributed by atoms with Crippen molar-refractivity contribution in [3.63, 3.8) is 0 Å². The van der Waals surface area contributed by atoms with Crippen LogP contribution in [0.4, 0.5) is 0 Å². The summed E-state index contributed by atoms with van der Waals surface area (Å²) in [5.41, 5.74) is 4.27. The van der Waals surface area contributed by atoms with Gasteiger partial charge in [-0.1, -0.05) is 26.8 Å². The van der Waals surface area contributed by atoms with Gasteiger partial charge >= 0.3 is 0 Å². The van der Waals surface area contributed by atoms with Gasteiger partial charge in [0.05, 0.1) is 17.2 Å². The fourth-order valence-corrected chi connectivity index (χ4v) is 4.19. The van der Waals surface area contributed by atoms with Crippen molar-refractivity contribution >= 4 is 16.7 Å². The number of hydrogen-bond donors (Lipinski definition) is 2. The lowest BCUT2D eigenvalue weighted by Crippen LogP contribution is -2.31. The van der Waals surface area contributed by atoms with E-state index >= 15 is 0 Å². The van der Waals surface area contributed by atoms with Crippen molar-refractivity contribution in [3.05, 3.63) is 64.3 Å². The summed E-state index contributed by atoms with van der Waals surface area (Å²) in [6, 6.07) is 13.8. The van der Waals surface area contributed by atoms with Gasteiger partial charge < -0.3 is 15.0 Å². The largest absolute Gasteiger partial charge is 0.492 e. The molecule has 0 saturated carbocycles. The van der Waals surface area contributed by atoms with Gasteiger partial charge in [0.15, 0.2) is 5.78 Å². The van der Waals surface area contributed by atoms with E-state index in [1.54, 1.807) is 12.1 Å². The minimum absolute atomic E-state index is 0.0141. The number of H-pyrrole nitrogens is 1. The molecule has 0 fully saturated rings. The van der Waals surface area contributed by atoms with E-state index in [9.17, 15) is 10.1 Å². The maximum atomic E-state index is 13.4. The molecule has 3 aromatic rings. The van der Waals surface area contributed by atoms with Crippen LogP contribution in [0.25, 0.3) is 10.9 Å². The number of nitriles is 1. The van der Waals surface area contributed by atoms with Gasteiger partial charge in [-0.2, -0.15) is 5.26 Å². The first-order valence-electron chi connectivity index (χ1n) is 10.5. The van der Waals surface area contributed by atoms with Crippen LogP contribution in [-0.2, 0) is 5.41 Å². The minimum atomic E-state index is -0.390. The molecule has 1 aliphatic carbocycles. The number of nitrogens with one attached hydrogen (secondary N) is 2. The molecule has 1 atom stereocenters. The highest BCUT2D eigenvalue weighted by Crippen LogP contribution is 2.44. The van der Waals surface area contributed by atoms with E-state index in [1.807, 2.05) is 24.3 Å². The molecule has 2 aromatic carbocycles. The van der Waals surface area contributed by atoms with E-state index in [4.69, 9.17) is 4.74 Å². The molecule has 0 bridgehead atoms. The Morgan fingerprint density at radius 2 is 2.03 bits per heavy atom. The Labute approximate surface area is 177 Å². The fraction of sp³-hybridized carbons (Fsp3) is 0.360. The Bertz CT molecular complexity index is 1170. The summed E-state index contributed by atoms with van der Waals surface area (Å²) in [7, 11) is 0. The SMILES string of the molecule is CCC(C)NCCOc1ccc2c(c1)C(C)(C)c1[nH]c3cc(C#N)ccc3c1C2=O. The number of fused-ring (bicyclic) bond motifs is 4. The number of ether oxygens (including phenoxy) is 1. The molecule has 0 amide bonds. The average molecular weight is 402 g/mol. The van der Waals surface area contributed by atoms with Crippen LogP contribution in [0.2, 0.25) is 0 Å². The quantitative estimate of drug-likeness (QED) is 0.588. The highest BCUT2D eigenvalue weighted by molar-refractivity contribution is 6.20. The van der Waals surface area contributed by atoms with E-state index in [0.717, 1.165) is 40.9 Å². The summed E-state index contributed by atoms with van der Waals surface area (Å²) in [5, 5.41) is 13.5. The van der Waals surface area contributed by atoms with Crippen LogP contribution in [0.3, 0.4) is 0 Å². The van der Waals surface area contributed by atoms with Gasteiger partial charge in [-0.15, -0.1) is 0 Å². The summed E-state index contributed by atoms with van der Waals surface area (Å²) >= 11 is 0. The molecule has 0 radical (unpaired) electrons. The van der Waals surface area contributed by atoms with E-state index in [2.05, 4.69) is 44.1 Å². The number of carbonyl (C=O) groups excluding carboxylic acids is 1. The minimum Gasteiger partial charge on any atom is -0.492 e. The van der Waals surface area contributed by atoms with E-state index in [1.165, 1.54) is 0 Å². The molecular formula is C25H27N3O2. The van der Waals surface area contributed by atoms with Crippen molar-refractivity contribution in [1.82, 2.24) is 10.3 Å². The van der Waals surface area contributed by atoms with Gasteiger partial charge in [0.1, 0.15) is 12.4 Å². The smallest absolute Gasteiger partial charge is 0.195 e. The molecule has 0 spiro atoms. The van der Waals surface area contributed by atoms with E-state index in [-0.39, 0.29) is 5.78 Å². The topological polar surface area (TPSA) is 77.9 Å². The maximum absolute atomic E-state index is 13.4. The fourth-order valence-electron chi connectivity index (χ4n) is 4.19. The maximum Gasteiger partial charge on any atom is 0.195 e. The molecule has 1 unspecified atom stereocenters. The lowest BCUT2D eigenvalue weighted by molar-refractivity contribution is 0.103. The zero-order valence-electron chi connectivity index (χ0n) is 17.9. The molecule has 30 heavy (non-hydrogen) atoms. The van der Waals surface area contributed by atoms with Crippen molar-refractivity contribution in [2.24, 2.45) is 0 Å². The van der Waals surface area contributed by atoms with Crippen molar-refractivity contribution in [3.8, 4) is 11.8 Å². The first-order valence-corrected chi connectivity index (χ1v) is 10.5. The third kappa shape index (κ3) is 3.28. The highest BCUT2D eigenvalue weighted by Gasteiger charge is 2.39. The second-order valence-electron chi connectivity index (χ2n) is 8.52. The predicted molar refractivity (Wildman–Crippen MR) is 118 cm³/mol. The van der Waals surface area contributed by atoms with Crippen LogP contribution >= 0.6 is 0 Å². The third-order valence-electron chi connectivity index (χ3n) is 6.16. The van der Waals surface area contributed by atoms with E-state index in [0.29, 0.717) is 29.3 Å². The normalized spacial score (nSPS) is 15.4. The van der Waals surface area contributed by atoms with Gasteiger partial charge in [0.2, 0.25) is 0 Å². The zero-order chi connectivity index (χ0) is 21.5. The Hall–Kier alpha value is -3.10. The van der Waals surface area contributed by atoms with Crippen molar-refractivity contribution in [1.29, 1.82) is 5.26 Å². The summed E-state index contributed by atoms with van der Waals surface area (Å²) in [4.78, 5) is 16.8. The van der Waals surface area contributed by atoms with Crippen LogP contribution < -0.4 is 10.1 Å². The van der Waals surface area contributed by atoms with Crippen LogP contribution in [0.1, 0.15) is 66.9 Å². The van der Waals surface area contributed by atoms with Crippen LogP contribution in [-0.4, -0.2) is 30.0 Å². The number of nitrogens with zero attached hydrogens (tertiary/aromatic N) is 1. The lowest BCUT2D eigenvalue weighted by atomic mass is 9.71. The summed E-state index contributed by atoms with van der Waals surface area (Å²) in [6.45, 7) is 9.90. The van der Waals surface area contributed by atoms with Gasteiger partial charge in [-0.05, 0) is 49.2 Å². The Morgan fingerprint density at radius 3 is 2.77 bits per heavy atom. The number of hydrogen-bond acceptors (Lipinski definition) is 4. The first-order chi connectivity index (χ1) is 14.4. The molecule has 1 heterocycles. The van der Waals surface area contributed by atoms with Gasteiger partial charge in [0.25, 0.3) is 0 Å².